The Morgan fingerprint density at radius 3 is 2.54 bits per heavy atom. The van der Waals surface area contributed by atoms with E-state index >= 15 is 0 Å². The number of hydrogen-bond donors (Lipinski definition) is 2. The standard InChI is InChI=1S/C20H19ClN2O4S/c1-13(23-28(25,26)19-12-15(21)10-11-18(19)27-2)20(24)22-17-9-5-7-14-6-3-4-8-16(14)17/h3-13,23H,1-2H3,(H,22,24)/t13-/m1/s1. The van der Waals surface area contributed by atoms with Crippen molar-refractivity contribution >= 4 is 44.0 Å². The zero-order valence-corrected chi connectivity index (χ0v) is 16.8. The van der Waals surface area contributed by atoms with Gasteiger partial charge in [-0.15, -0.1) is 0 Å². The van der Waals surface area contributed by atoms with Gasteiger partial charge < -0.3 is 10.1 Å². The van der Waals surface area contributed by atoms with Crippen LogP contribution in [0, 0.1) is 0 Å². The van der Waals surface area contributed by atoms with E-state index in [1.54, 1.807) is 6.07 Å². The predicted molar refractivity (Wildman–Crippen MR) is 110 cm³/mol. The topological polar surface area (TPSA) is 84.5 Å². The predicted octanol–water partition coefficient (Wildman–Crippen LogP) is 3.81. The van der Waals surface area contributed by atoms with Crippen LogP contribution in [0.4, 0.5) is 5.69 Å². The second-order valence-corrected chi connectivity index (χ2v) is 8.27. The molecule has 3 rings (SSSR count). The molecule has 0 aliphatic heterocycles. The van der Waals surface area contributed by atoms with Crippen molar-refractivity contribution in [3.8, 4) is 5.75 Å². The van der Waals surface area contributed by atoms with Crippen LogP contribution in [0.3, 0.4) is 0 Å². The minimum atomic E-state index is -4.02. The Kier molecular flexibility index (Phi) is 5.88. The molecule has 0 unspecified atom stereocenters. The molecule has 0 aliphatic rings. The fourth-order valence-corrected chi connectivity index (χ4v) is 4.42. The molecule has 3 aromatic rings. The quantitative estimate of drug-likeness (QED) is 0.637. The molecule has 28 heavy (non-hydrogen) atoms. The van der Waals surface area contributed by atoms with Crippen molar-refractivity contribution in [2.45, 2.75) is 17.9 Å². The van der Waals surface area contributed by atoms with Gasteiger partial charge >= 0.3 is 0 Å². The van der Waals surface area contributed by atoms with E-state index in [9.17, 15) is 13.2 Å². The molecule has 8 heteroatoms. The number of fused-ring (bicyclic) bond motifs is 1. The van der Waals surface area contributed by atoms with Gasteiger partial charge in [-0.05, 0) is 36.6 Å². The molecule has 0 radical (unpaired) electrons. The molecule has 3 aromatic carbocycles. The smallest absolute Gasteiger partial charge is 0.245 e. The van der Waals surface area contributed by atoms with E-state index in [-0.39, 0.29) is 15.7 Å². The van der Waals surface area contributed by atoms with Gasteiger partial charge in [-0.2, -0.15) is 4.72 Å². The average molecular weight is 419 g/mol. The van der Waals surface area contributed by atoms with E-state index in [1.165, 1.54) is 32.2 Å². The van der Waals surface area contributed by atoms with Crippen LogP contribution in [0.1, 0.15) is 6.92 Å². The van der Waals surface area contributed by atoms with E-state index in [2.05, 4.69) is 10.0 Å². The lowest BCUT2D eigenvalue weighted by atomic mass is 10.1. The number of sulfonamides is 1. The summed E-state index contributed by atoms with van der Waals surface area (Å²) in [5.74, 6) is -0.348. The van der Waals surface area contributed by atoms with Crippen LogP contribution in [0.2, 0.25) is 5.02 Å². The van der Waals surface area contributed by atoms with Crippen molar-refractivity contribution in [3.05, 3.63) is 65.7 Å². The first-order valence-corrected chi connectivity index (χ1v) is 10.3. The molecule has 2 N–H and O–H groups in total. The fourth-order valence-electron chi connectivity index (χ4n) is 2.79. The number of carbonyl (C=O) groups excluding carboxylic acids is 1. The summed E-state index contributed by atoms with van der Waals surface area (Å²) >= 11 is 5.91. The van der Waals surface area contributed by atoms with Crippen LogP contribution in [0.15, 0.2) is 65.6 Å². The average Bonchev–Trinajstić information content (AvgIpc) is 2.68. The first-order chi connectivity index (χ1) is 13.3. The second-order valence-electron chi connectivity index (χ2n) is 6.15. The second kappa shape index (κ2) is 8.18. The molecule has 0 saturated carbocycles. The molecule has 0 aliphatic carbocycles. The van der Waals surface area contributed by atoms with Gasteiger partial charge in [0.2, 0.25) is 15.9 Å². The normalized spacial score (nSPS) is 12.5. The lowest BCUT2D eigenvalue weighted by molar-refractivity contribution is -0.117. The Morgan fingerprint density at radius 1 is 1.07 bits per heavy atom. The Balaban J connectivity index is 1.81. The number of halogens is 1. The number of amides is 1. The van der Waals surface area contributed by atoms with Crippen molar-refractivity contribution in [1.82, 2.24) is 4.72 Å². The molecule has 0 saturated heterocycles. The van der Waals surface area contributed by atoms with Crippen molar-refractivity contribution in [2.75, 3.05) is 12.4 Å². The number of hydrogen-bond acceptors (Lipinski definition) is 4. The van der Waals surface area contributed by atoms with Crippen LogP contribution in [-0.2, 0) is 14.8 Å². The Hall–Kier alpha value is -2.61. The molecular weight excluding hydrogens is 400 g/mol. The summed E-state index contributed by atoms with van der Waals surface area (Å²) in [6.45, 7) is 1.47. The molecule has 0 aromatic heterocycles. The van der Waals surface area contributed by atoms with E-state index in [4.69, 9.17) is 16.3 Å². The molecule has 146 valence electrons. The maximum absolute atomic E-state index is 12.7. The number of methoxy groups -OCH3 is 1. The lowest BCUT2D eigenvalue weighted by Crippen LogP contribution is -2.41. The summed E-state index contributed by atoms with van der Waals surface area (Å²) < 4.78 is 32.9. The van der Waals surface area contributed by atoms with Crippen LogP contribution in [0.5, 0.6) is 5.75 Å². The minimum absolute atomic E-state index is 0.132. The molecular formula is C20H19ClN2O4S. The highest BCUT2D eigenvalue weighted by Crippen LogP contribution is 2.27. The fraction of sp³-hybridized carbons (Fsp3) is 0.150. The first-order valence-electron chi connectivity index (χ1n) is 8.46. The molecule has 0 heterocycles. The third-order valence-electron chi connectivity index (χ3n) is 4.19. The number of anilines is 1. The zero-order chi connectivity index (χ0) is 20.3. The van der Waals surface area contributed by atoms with E-state index in [0.717, 1.165) is 10.8 Å². The number of nitrogens with one attached hydrogen (secondary N) is 2. The molecule has 1 atom stereocenters. The van der Waals surface area contributed by atoms with Gasteiger partial charge in [0.25, 0.3) is 0 Å². The maximum Gasteiger partial charge on any atom is 0.245 e. The zero-order valence-electron chi connectivity index (χ0n) is 15.3. The number of carbonyl (C=O) groups is 1. The van der Waals surface area contributed by atoms with Gasteiger partial charge in [0, 0.05) is 16.1 Å². The van der Waals surface area contributed by atoms with E-state index in [1.807, 2.05) is 36.4 Å². The number of benzene rings is 3. The summed E-state index contributed by atoms with van der Waals surface area (Å²) in [4.78, 5) is 12.5. The summed E-state index contributed by atoms with van der Waals surface area (Å²) in [7, 11) is -2.66. The SMILES string of the molecule is COc1ccc(Cl)cc1S(=O)(=O)N[C@H](C)C(=O)Nc1cccc2ccccc12. The first kappa shape index (κ1) is 20.1. The molecule has 0 fully saturated rings. The van der Waals surface area contributed by atoms with Crippen LogP contribution >= 0.6 is 11.6 Å². The number of rotatable bonds is 6. The number of ether oxygens (including phenoxy) is 1. The van der Waals surface area contributed by atoms with Gasteiger partial charge in [-0.3, -0.25) is 4.79 Å². The Labute approximate surface area is 168 Å². The summed E-state index contributed by atoms with van der Waals surface area (Å²) in [6, 6.07) is 16.4. The van der Waals surface area contributed by atoms with E-state index < -0.39 is 22.0 Å². The van der Waals surface area contributed by atoms with Gasteiger partial charge in [0.1, 0.15) is 10.6 Å². The molecule has 1 amide bonds. The Bertz CT molecular complexity index is 1130. The van der Waals surface area contributed by atoms with Gasteiger partial charge in [0.15, 0.2) is 0 Å². The van der Waals surface area contributed by atoms with Crippen molar-refractivity contribution in [3.63, 3.8) is 0 Å². The maximum atomic E-state index is 12.7. The summed E-state index contributed by atoms with van der Waals surface area (Å²) in [5.41, 5.74) is 0.606. The van der Waals surface area contributed by atoms with Gasteiger partial charge in [0.05, 0.1) is 13.2 Å². The minimum Gasteiger partial charge on any atom is -0.495 e. The third-order valence-corrected chi connectivity index (χ3v) is 5.98. The van der Waals surface area contributed by atoms with E-state index in [0.29, 0.717) is 5.69 Å². The van der Waals surface area contributed by atoms with Crippen molar-refractivity contribution in [2.24, 2.45) is 0 Å². The van der Waals surface area contributed by atoms with Crippen molar-refractivity contribution in [1.29, 1.82) is 0 Å². The summed E-state index contributed by atoms with van der Waals surface area (Å²) in [5, 5.41) is 4.86. The van der Waals surface area contributed by atoms with Crippen LogP contribution in [0.25, 0.3) is 10.8 Å². The van der Waals surface area contributed by atoms with Crippen molar-refractivity contribution < 1.29 is 17.9 Å². The largest absolute Gasteiger partial charge is 0.495 e. The highest BCUT2D eigenvalue weighted by atomic mass is 35.5. The highest BCUT2D eigenvalue weighted by Gasteiger charge is 2.25. The molecule has 0 spiro atoms. The van der Waals surface area contributed by atoms with Crippen LogP contribution in [-0.4, -0.2) is 27.5 Å². The Morgan fingerprint density at radius 2 is 1.79 bits per heavy atom. The monoisotopic (exact) mass is 418 g/mol. The van der Waals surface area contributed by atoms with Gasteiger partial charge in [-0.1, -0.05) is 48.0 Å². The lowest BCUT2D eigenvalue weighted by Gasteiger charge is -2.17. The van der Waals surface area contributed by atoms with Gasteiger partial charge in [-0.25, -0.2) is 8.42 Å². The summed E-state index contributed by atoms with van der Waals surface area (Å²) in [6.07, 6.45) is 0. The molecule has 6 nitrogen and oxygen atoms in total. The highest BCUT2D eigenvalue weighted by molar-refractivity contribution is 7.89. The third kappa shape index (κ3) is 4.27. The molecule has 0 bridgehead atoms. The van der Waals surface area contributed by atoms with Crippen LogP contribution < -0.4 is 14.8 Å².